The lowest BCUT2D eigenvalue weighted by atomic mass is 10.2. The highest BCUT2D eigenvalue weighted by Crippen LogP contribution is 2.47. The summed E-state index contributed by atoms with van der Waals surface area (Å²) in [5, 5.41) is 0. The number of aromatic nitrogens is 1. The van der Waals surface area contributed by atoms with E-state index in [1.807, 2.05) is 0 Å². The average molecular weight is 460 g/mol. The molecule has 158 valence electrons. The summed E-state index contributed by atoms with van der Waals surface area (Å²) in [4.78, 5) is 0.681. The Bertz CT molecular complexity index is 1290. The first-order valence-corrected chi connectivity index (χ1v) is 10.6. The fourth-order valence-electron chi connectivity index (χ4n) is 2.66. The predicted octanol–water partition coefficient (Wildman–Crippen LogP) is 4.09. The molecule has 0 saturated carbocycles. The van der Waals surface area contributed by atoms with Gasteiger partial charge in [-0.15, -0.1) is 15.7 Å². The van der Waals surface area contributed by atoms with E-state index in [0.29, 0.717) is 4.88 Å². The standard InChI is InChI=1S/C18H12F4N2O4S2/c1-11-10-24(16(29-11)23-30(25,26)13-5-3-2-4-6-13)12-7-8-14-15(9-12)28-18(21,22)17(19,20)27-14/h2-10H,1H3. The maximum atomic E-state index is 13.5. The third-order valence-corrected chi connectivity index (χ3v) is 6.32. The average Bonchev–Trinajstić information content (AvgIpc) is 3.02. The van der Waals surface area contributed by atoms with Gasteiger partial charge in [-0.3, -0.25) is 4.57 Å². The van der Waals surface area contributed by atoms with Crippen LogP contribution in [0.5, 0.6) is 11.5 Å². The van der Waals surface area contributed by atoms with Gasteiger partial charge >= 0.3 is 12.2 Å². The summed E-state index contributed by atoms with van der Waals surface area (Å²) in [6.45, 7) is 1.70. The van der Waals surface area contributed by atoms with Crippen LogP contribution in [0.15, 0.2) is 64.0 Å². The number of hydrogen-bond acceptors (Lipinski definition) is 5. The van der Waals surface area contributed by atoms with E-state index in [-0.39, 0.29) is 15.4 Å². The smallest absolute Gasteiger partial charge is 0.421 e. The molecule has 2 aromatic carbocycles. The van der Waals surface area contributed by atoms with Crippen molar-refractivity contribution in [3.63, 3.8) is 0 Å². The summed E-state index contributed by atoms with van der Waals surface area (Å²) in [6.07, 6.45) is -8.15. The van der Waals surface area contributed by atoms with Gasteiger partial charge in [0.15, 0.2) is 11.5 Å². The second-order valence-corrected chi connectivity index (χ2v) is 9.06. The van der Waals surface area contributed by atoms with Crippen LogP contribution in [0.25, 0.3) is 5.69 Å². The number of benzene rings is 2. The van der Waals surface area contributed by atoms with Gasteiger partial charge in [-0.2, -0.15) is 26.0 Å². The molecule has 1 aliphatic heterocycles. The Morgan fingerprint density at radius 1 is 0.967 bits per heavy atom. The van der Waals surface area contributed by atoms with Crippen LogP contribution in [0.4, 0.5) is 17.6 Å². The van der Waals surface area contributed by atoms with Crippen molar-refractivity contribution < 1.29 is 35.5 Å². The molecule has 0 amide bonds. The molecule has 1 aromatic heterocycles. The van der Waals surface area contributed by atoms with Crippen molar-refractivity contribution in [1.82, 2.24) is 4.57 Å². The van der Waals surface area contributed by atoms with Crippen molar-refractivity contribution in [2.45, 2.75) is 24.0 Å². The third-order valence-electron chi connectivity index (χ3n) is 4.03. The van der Waals surface area contributed by atoms with E-state index in [4.69, 9.17) is 0 Å². The minimum atomic E-state index is -4.86. The molecule has 1 aliphatic rings. The molecule has 6 nitrogen and oxygen atoms in total. The first-order chi connectivity index (χ1) is 14.0. The maximum absolute atomic E-state index is 13.5. The van der Waals surface area contributed by atoms with E-state index >= 15 is 0 Å². The Morgan fingerprint density at radius 2 is 1.60 bits per heavy atom. The molecular weight excluding hydrogens is 448 g/mol. The largest absolute Gasteiger partial charge is 0.507 e. The predicted molar refractivity (Wildman–Crippen MR) is 98.7 cm³/mol. The first-order valence-electron chi connectivity index (χ1n) is 8.32. The van der Waals surface area contributed by atoms with Gasteiger partial charge in [0.25, 0.3) is 10.0 Å². The van der Waals surface area contributed by atoms with Crippen molar-refractivity contribution >= 4 is 21.4 Å². The molecule has 0 aliphatic carbocycles. The summed E-state index contributed by atoms with van der Waals surface area (Å²) < 4.78 is 92.2. The molecule has 2 heterocycles. The maximum Gasteiger partial charge on any atom is 0.507 e. The first kappa shape index (κ1) is 20.4. The van der Waals surface area contributed by atoms with E-state index in [1.54, 1.807) is 25.1 Å². The molecule has 0 unspecified atom stereocenters. The Labute approximate surface area is 171 Å². The van der Waals surface area contributed by atoms with Crippen LogP contribution in [-0.4, -0.2) is 25.2 Å². The van der Waals surface area contributed by atoms with Crippen LogP contribution >= 0.6 is 11.3 Å². The summed E-state index contributed by atoms with van der Waals surface area (Å²) in [5.41, 5.74) is 0.171. The number of nitrogens with zero attached hydrogens (tertiary/aromatic N) is 2. The number of alkyl halides is 4. The third kappa shape index (κ3) is 3.56. The minimum absolute atomic E-state index is 0.0216. The van der Waals surface area contributed by atoms with E-state index in [9.17, 15) is 26.0 Å². The zero-order chi connectivity index (χ0) is 21.7. The van der Waals surface area contributed by atoms with Gasteiger partial charge in [0.05, 0.1) is 10.6 Å². The summed E-state index contributed by atoms with van der Waals surface area (Å²) in [7, 11) is -4.04. The zero-order valence-corrected chi connectivity index (χ0v) is 16.7. The summed E-state index contributed by atoms with van der Waals surface area (Å²) in [6, 6.07) is 10.9. The monoisotopic (exact) mass is 460 g/mol. The van der Waals surface area contributed by atoms with Gasteiger partial charge in [0, 0.05) is 17.1 Å². The van der Waals surface area contributed by atoms with Crippen LogP contribution in [0.1, 0.15) is 4.88 Å². The molecule has 12 heteroatoms. The second kappa shape index (κ2) is 6.84. The molecule has 30 heavy (non-hydrogen) atoms. The number of hydrogen-bond donors (Lipinski definition) is 0. The Hall–Kier alpha value is -2.86. The fourth-order valence-corrected chi connectivity index (χ4v) is 4.70. The molecule has 3 aromatic rings. The molecule has 0 N–H and O–H groups in total. The fraction of sp³-hybridized carbons (Fsp3) is 0.167. The topological polar surface area (TPSA) is 69.9 Å². The number of aryl methyl sites for hydroxylation is 1. The van der Waals surface area contributed by atoms with E-state index in [1.165, 1.54) is 29.0 Å². The summed E-state index contributed by atoms with van der Waals surface area (Å²) >= 11 is 1.04. The normalized spacial score (nSPS) is 17.7. The van der Waals surface area contributed by atoms with Crippen molar-refractivity contribution in [3.05, 3.63) is 64.4 Å². The van der Waals surface area contributed by atoms with Crippen LogP contribution in [0, 0.1) is 6.92 Å². The van der Waals surface area contributed by atoms with Gasteiger partial charge in [-0.25, -0.2) is 0 Å². The number of thiazole rings is 1. The Kier molecular flexibility index (Phi) is 4.66. The molecule has 0 radical (unpaired) electrons. The molecule has 0 saturated heterocycles. The minimum Gasteiger partial charge on any atom is -0.421 e. The van der Waals surface area contributed by atoms with E-state index in [2.05, 4.69) is 13.9 Å². The van der Waals surface area contributed by atoms with E-state index < -0.39 is 33.7 Å². The molecule has 0 atom stereocenters. The molecule has 0 fully saturated rings. The van der Waals surface area contributed by atoms with Crippen LogP contribution in [0.2, 0.25) is 0 Å². The number of fused-ring (bicyclic) bond motifs is 1. The van der Waals surface area contributed by atoms with Crippen molar-refractivity contribution in [2.75, 3.05) is 0 Å². The van der Waals surface area contributed by atoms with Crippen molar-refractivity contribution in [2.24, 2.45) is 4.40 Å². The summed E-state index contributed by atoms with van der Waals surface area (Å²) in [5.74, 6) is -1.19. The van der Waals surface area contributed by atoms with Gasteiger partial charge < -0.3 is 9.47 Å². The lowest BCUT2D eigenvalue weighted by Crippen LogP contribution is -2.52. The SMILES string of the molecule is Cc1cn(-c2ccc3c(c2)OC(F)(F)C(F)(F)O3)c(=NS(=O)(=O)c2ccccc2)s1. The zero-order valence-electron chi connectivity index (χ0n) is 15.1. The van der Waals surface area contributed by atoms with Crippen LogP contribution < -0.4 is 14.3 Å². The highest BCUT2D eigenvalue weighted by molar-refractivity contribution is 7.90. The van der Waals surface area contributed by atoms with Crippen LogP contribution in [-0.2, 0) is 10.0 Å². The number of ether oxygens (including phenoxy) is 2. The van der Waals surface area contributed by atoms with Gasteiger partial charge in [0.1, 0.15) is 0 Å². The lowest BCUT2D eigenvalue weighted by Gasteiger charge is -2.31. The lowest BCUT2D eigenvalue weighted by molar-refractivity contribution is -0.391. The number of halogens is 4. The Morgan fingerprint density at radius 3 is 2.27 bits per heavy atom. The Balaban J connectivity index is 1.81. The molecule has 0 bridgehead atoms. The van der Waals surface area contributed by atoms with E-state index in [0.717, 1.165) is 23.5 Å². The van der Waals surface area contributed by atoms with Gasteiger partial charge in [0.2, 0.25) is 4.80 Å². The number of sulfonamides is 1. The highest BCUT2D eigenvalue weighted by atomic mass is 32.2. The number of rotatable bonds is 3. The second-order valence-electron chi connectivity index (χ2n) is 6.24. The molecular formula is C18H12F4N2O4S2. The quantitative estimate of drug-likeness (QED) is 0.552. The molecule has 4 rings (SSSR count). The van der Waals surface area contributed by atoms with Crippen molar-refractivity contribution in [1.29, 1.82) is 0 Å². The van der Waals surface area contributed by atoms with Gasteiger partial charge in [-0.1, -0.05) is 18.2 Å². The van der Waals surface area contributed by atoms with Crippen molar-refractivity contribution in [3.8, 4) is 17.2 Å². The van der Waals surface area contributed by atoms with Gasteiger partial charge in [-0.05, 0) is 31.2 Å². The van der Waals surface area contributed by atoms with Crippen LogP contribution in [0.3, 0.4) is 0 Å². The molecule has 0 spiro atoms. The highest BCUT2D eigenvalue weighted by Gasteiger charge is 2.65.